The van der Waals surface area contributed by atoms with Gasteiger partial charge in [0.15, 0.2) is 5.75 Å². The molecule has 0 spiro atoms. The first-order valence-electron chi connectivity index (χ1n) is 5.03. The molecule has 0 aliphatic rings. The molecule has 1 aromatic heterocycles. The monoisotopic (exact) mass is 209 g/mol. The number of aromatic hydroxyl groups is 1. The Morgan fingerprint density at radius 1 is 1.40 bits per heavy atom. The van der Waals surface area contributed by atoms with E-state index in [-0.39, 0.29) is 17.6 Å². The molecule has 0 fully saturated rings. The molecular formula is C10H15N3O2. The number of rotatable bonds is 5. The fraction of sp³-hybridized carbons (Fsp3) is 0.500. The van der Waals surface area contributed by atoms with Crippen LogP contribution in [0.1, 0.15) is 32.6 Å². The van der Waals surface area contributed by atoms with Crippen LogP contribution in [0.3, 0.4) is 0 Å². The quantitative estimate of drug-likeness (QED) is 0.724. The molecular weight excluding hydrogens is 194 g/mol. The van der Waals surface area contributed by atoms with Crippen molar-refractivity contribution in [3.63, 3.8) is 0 Å². The van der Waals surface area contributed by atoms with Crippen LogP contribution in [0.2, 0.25) is 0 Å². The molecule has 0 aliphatic carbocycles. The molecule has 2 N–H and O–H groups in total. The van der Waals surface area contributed by atoms with Gasteiger partial charge < -0.3 is 5.11 Å². The van der Waals surface area contributed by atoms with Crippen molar-refractivity contribution in [2.24, 2.45) is 0 Å². The molecule has 0 aromatic carbocycles. The van der Waals surface area contributed by atoms with E-state index < -0.39 is 0 Å². The number of amides is 1. The molecule has 5 heteroatoms. The smallest absolute Gasteiger partial charge is 0.229 e. The highest BCUT2D eigenvalue weighted by atomic mass is 16.3. The zero-order chi connectivity index (χ0) is 11.1. The van der Waals surface area contributed by atoms with Crippen molar-refractivity contribution in [1.82, 2.24) is 9.97 Å². The molecule has 15 heavy (non-hydrogen) atoms. The number of hydrogen-bond acceptors (Lipinski definition) is 4. The van der Waals surface area contributed by atoms with E-state index in [2.05, 4.69) is 22.2 Å². The summed E-state index contributed by atoms with van der Waals surface area (Å²) in [7, 11) is 0. The average Bonchev–Trinajstić information content (AvgIpc) is 2.22. The summed E-state index contributed by atoms with van der Waals surface area (Å²) in [5.74, 6) is 0.127. The van der Waals surface area contributed by atoms with Gasteiger partial charge in [0, 0.05) is 6.42 Å². The van der Waals surface area contributed by atoms with Crippen LogP contribution in [0, 0.1) is 0 Å². The Morgan fingerprint density at radius 2 is 2.07 bits per heavy atom. The number of unbranched alkanes of at least 4 members (excludes halogenated alkanes) is 2. The van der Waals surface area contributed by atoms with E-state index in [0.717, 1.165) is 19.3 Å². The van der Waals surface area contributed by atoms with Gasteiger partial charge in [-0.05, 0) is 6.42 Å². The zero-order valence-electron chi connectivity index (χ0n) is 8.73. The van der Waals surface area contributed by atoms with Crippen LogP contribution < -0.4 is 5.32 Å². The third kappa shape index (κ3) is 4.39. The summed E-state index contributed by atoms with van der Waals surface area (Å²) < 4.78 is 0. The number of hydrogen-bond donors (Lipinski definition) is 2. The Balaban J connectivity index is 2.34. The molecule has 0 bridgehead atoms. The SMILES string of the molecule is CCCCCC(=O)Nc1ncc(O)cn1. The molecule has 1 aromatic rings. The van der Waals surface area contributed by atoms with Crippen LogP contribution in [-0.2, 0) is 4.79 Å². The van der Waals surface area contributed by atoms with Crippen molar-refractivity contribution in [3.8, 4) is 5.75 Å². The number of carbonyl (C=O) groups is 1. The second-order valence-electron chi connectivity index (χ2n) is 3.27. The Morgan fingerprint density at radius 3 is 2.67 bits per heavy atom. The summed E-state index contributed by atoms with van der Waals surface area (Å²) >= 11 is 0. The van der Waals surface area contributed by atoms with E-state index in [1.807, 2.05) is 0 Å². The maximum Gasteiger partial charge on any atom is 0.229 e. The molecule has 0 atom stereocenters. The largest absolute Gasteiger partial charge is 0.505 e. The maximum atomic E-state index is 11.3. The minimum absolute atomic E-state index is 0.0148. The van der Waals surface area contributed by atoms with E-state index in [1.54, 1.807) is 0 Å². The lowest BCUT2D eigenvalue weighted by Gasteiger charge is -2.02. The number of nitrogens with one attached hydrogen (secondary N) is 1. The van der Waals surface area contributed by atoms with Crippen molar-refractivity contribution < 1.29 is 9.90 Å². The third-order valence-corrected chi connectivity index (χ3v) is 1.90. The van der Waals surface area contributed by atoms with Crippen LogP contribution in [0.15, 0.2) is 12.4 Å². The molecule has 82 valence electrons. The van der Waals surface area contributed by atoms with Crippen molar-refractivity contribution in [2.45, 2.75) is 32.6 Å². The van der Waals surface area contributed by atoms with Crippen LogP contribution in [0.4, 0.5) is 5.95 Å². The van der Waals surface area contributed by atoms with Crippen molar-refractivity contribution in [2.75, 3.05) is 5.32 Å². The minimum Gasteiger partial charge on any atom is -0.505 e. The first-order valence-corrected chi connectivity index (χ1v) is 5.03. The van der Waals surface area contributed by atoms with Crippen molar-refractivity contribution >= 4 is 11.9 Å². The molecule has 0 unspecified atom stereocenters. The predicted molar refractivity (Wildman–Crippen MR) is 56.5 cm³/mol. The highest BCUT2D eigenvalue weighted by molar-refractivity contribution is 5.88. The summed E-state index contributed by atoms with van der Waals surface area (Å²) in [6.45, 7) is 2.08. The van der Waals surface area contributed by atoms with E-state index in [9.17, 15) is 4.79 Å². The van der Waals surface area contributed by atoms with Crippen molar-refractivity contribution in [3.05, 3.63) is 12.4 Å². The summed E-state index contributed by atoms with van der Waals surface area (Å²) in [5, 5.41) is 11.5. The van der Waals surface area contributed by atoms with Gasteiger partial charge in [-0.15, -0.1) is 0 Å². The van der Waals surface area contributed by atoms with Gasteiger partial charge in [0.05, 0.1) is 12.4 Å². The topological polar surface area (TPSA) is 75.1 Å². The standard InChI is InChI=1S/C10H15N3O2/c1-2-3-4-5-9(15)13-10-11-6-8(14)7-12-10/h6-7,14H,2-5H2,1H3,(H,11,12,13,15). The Hall–Kier alpha value is -1.65. The highest BCUT2D eigenvalue weighted by Gasteiger charge is 2.03. The van der Waals surface area contributed by atoms with Gasteiger partial charge >= 0.3 is 0 Å². The Labute approximate surface area is 88.6 Å². The summed E-state index contributed by atoms with van der Waals surface area (Å²) in [6, 6.07) is 0. The van der Waals surface area contributed by atoms with E-state index in [0.29, 0.717) is 6.42 Å². The van der Waals surface area contributed by atoms with Gasteiger partial charge in [0.25, 0.3) is 0 Å². The molecule has 0 radical (unpaired) electrons. The lowest BCUT2D eigenvalue weighted by molar-refractivity contribution is -0.116. The van der Waals surface area contributed by atoms with Gasteiger partial charge in [0.2, 0.25) is 11.9 Å². The predicted octanol–water partition coefficient (Wildman–Crippen LogP) is 1.70. The Bertz CT molecular complexity index is 311. The summed E-state index contributed by atoms with van der Waals surface area (Å²) in [4.78, 5) is 18.8. The zero-order valence-corrected chi connectivity index (χ0v) is 8.73. The first-order chi connectivity index (χ1) is 7.22. The Kier molecular flexibility index (Phi) is 4.53. The lowest BCUT2D eigenvalue weighted by Crippen LogP contribution is -2.13. The van der Waals surface area contributed by atoms with Gasteiger partial charge in [-0.1, -0.05) is 19.8 Å². The first kappa shape index (κ1) is 11.4. The molecule has 1 heterocycles. The van der Waals surface area contributed by atoms with Crippen molar-refractivity contribution in [1.29, 1.82) is 0 Å². The number of aromatic nitrogens is 2. The van der Waals surface area contributed by atoms with Crippen LogP contribution >= 0.6 is 0 Å². The molecule has 1 amide bonds. The average molecular weight is 209 g/mol. The highest BCUT2D eigenvalue weighted by Crippen LogP contribution is 2.06. The molecule has 5 nitrogen and oxygen atoms in total. The van der Waals surface area contributed by atoms with Gasteiger partial charge in [-0.25, -0.2) is 9.97 Å². The van der Waals surface area contributed by atoms with E-state index in [1.165, 1.54) is 12.4 Å². The number of nitrogens with zero attached hydrogens (tertiary/aromatic N) is 2. The van der Waals surface area contributed by atoms with Gasteiger partial charge in [0.1, 0.15) is 0 Å². The molecule has 0 aliphatic heterocycles. The van der Waals surface area contributed by atoms with Crippen LogP contribution in [0.5, 0.6) is 5.75 Å². The number of anilines is 1. The fourth-order valence-corrected chi connectivity index (χ4v) is 1.11. The lowest BCUT2D eigenvalue weighted by atomic mass is 10.2. The van der Waals surface area contributed by atoms with E-state index in [4.69, 9.17) is 5.11 Å². The van der Waals surface area contributed by atoms with Gasteiger partial charge in [-0.3, -0.25) is 10.1 Å². The van der Waals surface area contributed by atoms with E-state index >= 15 is 0 Å². The maximum absolute atomic E-state index is 11.3. The molecule has 1 rings (SSSR count). The second kappa shape index (κ2) is 5.95. The third-order valence-electron chi connectivity index (χ3n) is 1.90. The normalized spacial score (nSPS) is 9.93. The van der Waals surface area contributed by atoms with Gasteiger partial charge in [-0.2, -0.15) is 0 Å². The molecule has 0 saturated carbocycles. The second-order valence-corrected chi connectivity index (χ2v) is 3.27. The summed E-state index contributed by atoms with van der Waals surface area (Å²) in [6.07, 6.45) is 5.98. The fourth-order valence-electron chi connectivity index (χ4n) is 1.11. The number of carbonyl (C=O) groups excluding carboxylic acids is 1. The van der Waals surface area contributed by atoms with Crippen LogP contribution in [0.25, 0.3) is 0 Å². The summed E-state index contributed by atoms with van der Waals surface area (Å²) in [5.41, 5.74) is 0. The van der Waals surface area contributed by atoms with Crippen LogP contribution in [-0.4, -0.2) is 21.0 Å². The minimum atomic E-state index is -0.0888. The molecule has 0 saturated heterocycles.